The molecule has 0 spiro atoms. The molecule has 0 aromatic rings. The molecule has 3 N–H and O–H groups in total. The van der Waals surface area contributed by atoms with Crippen molar-refractivity contribution in [2.75, 3.05) is 6.61 Å². The van der Waals surface area contributed by atoms with Crippen molar-refractivity contribution in [2.45, 2.75) is 277 Å². The lowest BCUT2D eigenvalue weighted by Crippen LogP contribution is -2.46. The first kappa shape index (κ1) is 54.3. The third kappa shape index (κ3) is 39.2. The number of aliphatic hydroxyl groups is 2. The van der Waals surface area contributed by atoms with Crippen LogP contribution < -0.4 is 5.32 Å². The number of nitrogens with one attached hydrogen (secondary N) is 1. The molecule has 0 heterocycles. The van der Waals surface area contributed by atoms with Gasteiger partial charge in [-0.1, -0.05) is 218 Å². The van der Waals surface area contributed by atoms with Crippen molar-refractivity contribution in [2.24, 2.45) is 0 Å². The second-order valence-electron chi connectivity index (χ2n) is 16.9. The molecule has 0 aliphatic heterocycles. The molecule has 0 radical (unpaired) electrons. The lowest BCUT2D eigenvalue weighted by Gasteiger charge is -2.24. The summed E-state index contributed by atoms with van der Waals surface area (Å²) in [5.41, 5.74) is 0. The largest absolute Gasteiger partial charge is 0.462 e. The standard InChI is InChI=1S/C50H95NO5/c1-4-7-10-13-16-19-22-23-24-25-26-28-31-34-37-40-43-50(55)56-46(41-38-35-32-29-21-18-15-12-9-6-3)44-49(54)51-47(45-52)48(53)42-39-36-33-30-27-20-17-14-11-8-5-2/h24-26,28,46-48,52-53H,4-23,27,29-45H2,1-3H3,(H,51,54)/b25-24+,28-26+. The number of hydrogen-bond acceptors (Lipinski definition) is 5. The van der Waals surface area contributed by atoms with Crippen LogP contribution in [0.25, 0.3) is 0 Å². The van der Waals surface area contributed by atoms with Crippen molar-refractivity contribution in [3.8, 4) is 0 Å². The minimum Gasteiger partial charge on any atom is -0.462 e. The van der Waals surface area contributed by atoms with E-state index in [0.717, 1.165) is 64.2 Å². The number of hydrogen-bond donors (Lipinski definition) is 3. The van der Waals surface area contributed by atoms with Gasteiger partial charge in [0.2, 0.25) is 5.91 Å². The fourth-order valence-corrected chi connectivity index (χ4v) is 7.54. The second kappa shape index (κ2) is 44.4. The summed E-state index contributed by atoms with van der Waals surface area (Å²) in [5, 5.41) is 23.7. The highest BCUT2D eigenvalue weighted by atomic mass is 16.5. The molecule has 3 unspecified atom stereocenters. The van der Waals surface area contributed by atoms with Crippen LogP contribution >= 0.6 is 0 Å². The minimum absolute atomic E-state index is 0.0715. The maximum atomic E-state index is 13.1. The van der Waals surface area contributed by atoms with Crippen molar-refractivity contribution in [1.82, 2.24) is 5.32 Å². The Labute approximate surface area is 348 Å². The van der Waals surface area contributed by atoms with E-state index >= 15 is 0 Å². The summed E-state index contributed by atoms with van der Waals surface area (Å²) in [5.74, 6) is -0.496. The highest BCUT2D eigenvalue weighted by Crippen LogP contribution is 2.18. The number of rotatable bonds is 44. The molecule has 0 saturated carbocycles. The zero-order valence-corrected chi connectivity index (χ0v) is 37.5. The highest BCUT2D eigenvalue weighted by molar-refractivity contribution is 5.77. The van der Waals surface area contributed by atoms with Crippen molar-refractivity contribution >= 4 is 11.9 Å². The van der Waals surface area contributed by atoms with Gasteiger partial charge in [0.05, 0.1) is 25.2 Å². The predicted octanol–water partition coefficient (Wildman–Crippen LogP) is 14.3. The molecule has 0 aliphatic rings. The van der Waals surface area contributed by atoms with E-state index in [9.17, 15) is 19.8 Å². The molecule has 0 aliphatic carbocycles. The molecule has 56 heavy (non-hydrogen) atoms. The summed E-state index contributed by atoms with van der Waals surface area (Å²) in [6, 6.07) is -0.700. The van der Waals surface area contributed by atoms with Crippen molar-refractivity contribution in [3.63, 3.8) is 0 Å². The molecule has 0 bridgehead atoms. The van der Waals surface area contributed by atoms with E-state index in [4.69, 9.17) is 4.74 Å². The normalized spacial score (nSPS) is 13.4. The smallest absolute Gasteiger partial charge is 0.306 e. The molecule has 0 aromatic carbocycles. The third-order valence-corrected chi connectivity index (χ3v) is 11.3. The van der Waals surface area contributed by atoms with Crippen LogP contribution in [0.3, 0.4) is 0 Å². The molecule has 3 atom stereocenters. The summed E-state index contributed by atoms with van der Waals surface area (Å²) in [6.07, 6.45) is 49.5. The second-order valence-corrected chi connectivity index (χ2v) is 16.9. The summed E-state index contributed by atoms with van der Waals surface area (Å²) in [6.45, 7) is 6.46. The first-order valence-corrected chi connectivity index (χ1v) is 24.6. The summed E-state index contributed by atoms with van der Waals surface area (Å²) in [4.78, 5) is 26.0. The van der Waals surface area contributed by atoms with Gasteiger partial charge < -0.3 is 20.3 Å². The van der Waals surface area contributed by atoms with Gasteiger partial charge >= 0.3 is 5.97 Å². The maximum absolute atomic E-state index is 13.1. The van der Waals surface area contributed by atoms with Gasteiger partial charge in [-0.3, -0.25) is 9.59 Å². The Morgan fingerprint density at radius 2 is 0.893 bits per heavy atom. The Balaban J connectivity index is 4.55. The van der Waals surface area contributed by atoms with Gasteiger partial charge in [0.25, 0.3) is 0 Å². The topological polar surface area (TPSA) is 95.9 Å². The average molecular weight is 790 g/mol. The molecular weight excluding hydrogens is 695 g/mol. The van der Waals surface area contributed by atoms with E-state index in [2.05, 4.69) is 50.4 Å². The molecular formula is C50H95NO5. The highest BCUT2D eigenvalue weighted by Gasteiger charge is 2.24. The fourth-order valence-electron chi connectivity index (χ4n) is 7.54. The minimum atomic E-state index is -0.786. The SMILES string of the molecule is CCCCCCCCC/C=C/C=C/CCCCCC(=O)OC(CCCCCCCCCCCC)CC(=O)NC(CO)C(O)CCCCCCCCCCCCC. The molecule has 0 saturated heterocycles. The van der Waals surface area contributed by atoms with Crippen molar-refractivity contribution < 1.29 is 24.5 Å². The van der Waals surface area contributed by atoms with E-state index < -0.39 is 18.2 Å². The predicted molar refractivity (Wildman–Crippen MR) is 241 cm³/mol. The van der Waals surface area contributed by atoms with E-state index in [1.165, 1.54) is 148 Å². The summed E-state index contributed by atoms with van der Waals surface area (Å²) in [7, 11) is 0. The van der Waals surface area contributed by atoms with E-state index in [-0.39, 0.29) is 24.9 Å². The van der Waals surface area contributed by atoms with Gasteiger partial charge in [0, 0.05) is 6.42 Å². The Morgan fingerprint density at radius 3 is 1.32 bits per heavy atom. The maximum Gasteiger partial charge on any atom is 0.306 e. The van der Waals surface area contributed by atoms with Crippen LogP contribution in [0, 0.1) is 0 Å². The van der Waals surface area contributed by atoms with Gasteiger partial charge in [0.15, 0.2) is 0 Å². The van der Waals surface area contributed by atoms with Crippen LogP contribution in [0.5, 0.6) is 0 Å². The number of ether oxygens (including phenoxy) is 1. The molecule has 0 rings (SSSR count). The molecule has 0 fully saturated rings. The Morgan fingerprint density at radius 1 is 0.518 bits per heavy atom. The molecule has 1 amide bonds. The fraction of sp³-hybridized carbons (Fsp3) is 0.880. The number of carbonyl (C=O) groups excluding carboxylic acids is 2. The van der Waals surface area contributed by atoms with Crippen LogP contribution in [0.2, 0.25) is 0 Å². The van der Waals surface area contributed by atoms with Gasteiger partial charge in [-0.05, 0) is 51.4 Å². The van der Waals surface area contributed by atoms with E-state index in [1.807, 2.05) is 0 Å². The van der Waals surface area contributed by atoms with Crippen molar-refractivity contribution in [1.29, 1.82) is 0 Å². The monoisotopic (exact) mass is 790 g/mol. The van der Waals surface area contributed by atoms with Gasteiger partial charge in [0.1, 0.15) is 6.10 Å². The van der Waals surface area contributed by atoms with Crippen LogP contribution in [-0.4, -0.2) is 46.9 Å². The number of allylic oxidation sites excluding steroid dienone is 4. The number of aliphatic hydroxyl groups excluding tert-OH is 2. The Bertz CT molecular complexity index is 889. The number of carbonyl (C=O) groups is 2. The van der Waals surface area contributed by atoms with Crippen LogP contribution in [-0.2, 0) is 14.3 Å². The summed E-state index contributed by atoms with van der Waals surface area (Å²) < 4.78 is 5.90. The third-order valence-electron chi connectivity index (χ3n) is 11.3. The van der Waals surface area contributed by atoms with Crippen LogP contribution in [0.15, 0.2) is 24.3 Å². The lowest BCUT2D eigenvalue weighted by atomic mass is 10.0. The van der Waals surface area contributed by atoms with E-state index in [1.54, 1.807) is 0 Å². The van der Waals surface area contributed by atoms with Crippen LogP contribution in [0.4, 0.5) is 0 Å². The molecule has 6 heteroatoms. The van der Waals surface area contributed by atoms with E-state index in [0.29, 0.717) is 19.3 Å². The first-order valence-electron chi connectivity index (χ1n) is 24.6. The van der Waals surface area contributed by atoms with Gasteiger partial charge in [-0.15, -0.1) is 0 Å². The average Bonchev–Trinajstić information content (AvgIpc) is 3.19. The lowest BCUT2D eigenvalue weighted by molar-refractivity contribution is -0.151. The Hall–Kier alpha value is -1.66. The zero-order valence-electron chi connectivity index (χ0n) is 37.5. The van der Waals surface area contributed by atoms with Gasteiger partial charge in [-0.25, -0.2) is 0 Å². The Kier molecular flexibility index (Phi) is 43.1. The number of amides is 1. The van der Waals surface area contributed by atoms with Crippen LogP contribution in [0.1, 0.15) is 258 Å². The molecule has 330 valence electrons. The van der Waals surface area contributed by atoms with Crippen molar-refractivity contribution in [3.05, 3.63) is 24.3 Å². The number of unbranched alkanes of at least 4 members (excludes halogenated alkanes) is 29. The summed E-state index contributed by atoms with van der Waals surface area (Å²) >= 11 is 0. The number of esters is 1. The first-order chi connectivity index (χ1) is 27.5. The van der Waals surface area contributed by atoms with Gasteiger partial charge in [-0.2, -0.15) is 0 Å². The molecule has 6 nitrogen and oxygen atoms in total. The quantitative estimate of drug-likeness (QED) is 0.0324. The molecule has 0 aromatic heterocycles. The zero-order chi connectivity index (χ0) is 41.0.